The number of aryl methyl sites for hydroxylation is 3. The summed E-state index contributed by atoms with van der Waals surface area (Å²) < 4.78 is 7.23. The van der Waals surface area contributed by atoms with Crippen molar-refractivity contribution in [3.8, 4) is 0 Å². The van der Waals surface area contributed by atoms with Gasteiger partial charge in [0.2, 0.25) is 5.78 Å². The van der Waals surface area contributed by atoms with Crippen molar-refractivity contribution < 1.29 is 14.3 Å². The quantitative estimate of drug-likeness (QED) is 0.389. The highest BCUT2D eigenvalue weighted by molar-refractivity contribution is 6.10. The zero-order valence-electron chi connectivity index (χ0n) is 17.5. The summed E-state index contributed by atoms with van der Waals surface area (Å²) in [5, 5.41) is 5.28. The molecule has 7 heteroatoms. The minimum absolute atomic E-state index is 0.167. The third kappa shape index (κ3) is 3.58. The van der Waals surface area contributed by atoms with E-state index in [0.29, 0.717) is 12.0 Å². The maximum Gasteiger partial charge on any atom is 0.306 e. The van der Waals surface area contributed by atoms with Crippen LogP contribution in [-0.4, -0.2) is 37.4 Å². The molecule has 1 N–H and O–H groups in total. The van der Waals surface area contributed by atoms with E-state index in [9.17, 15) is 9.59 Å². The van der Waals surface area contributed by atoms with Gasteiger partial charge in [-0.3, -0.25) is 9.59 Å². The second-order valence-electron chi connectivity index (χ2n) is 7.56. The van der Waals surface area contributed by atoms with Gasteiger partial charge in [0.25, 0.3) is 0 Å². The highest BCUT2D eigenvalue weighted by Gasteiger charge is 2.22. The van der Waals surface area contributed by atoms with Gasteiger partial charge >= 0.3 is 5.97 Å². The predicted molar refractivity (Wildman–Crippen MR) is 114 cm³/mol. The van der Waals surface area contributed by atoms with Crippen LogP contribution in [0.2, 0.25) is 0 Å². The number of aromatic nitrogens is 4. The van der Waals surface area contributed by atoms with E-state index >= 15 is 0 Å². The van der Waals surface area contributed by atoms with Crippen molar-refractivity contribution in [2.24, 2.45) is 0 Å². The van der Waals surface area contributed by atoms with Crippen molar-refractivity contribution in [2.45, 2.75) is 46.6 Å². The molecule has 3 aromatic heterocycles. The SMILES string of the molecule is Cc1cc2nc(C)c(CCC(=O)O[C@H](C)C(=O)c3c[nH]c4ccccc34)c(C)n2n1. The Kier molecular flexibility index (Phi) is 5.11. The van der Waals surface area contributed by atoms with Crippen LogP contribution in [0.4, 0.5) is 0 Å². The molecule has 0 amide bonds. The van der Waals surface area contributed by atoms with E-state index in [1.54, 1.807) is 17.6 Å². The minimum Gasteiger partial charge on any atom is -0.454 e. The number of aromatic amines is 1. The molecule has 4 rings (SSSR count). The van der Waals surface area contributed by atoms with Gasteiger partial charge < -0.3 is 9.72 Å². The third-order valence-electron chi connectivity index (χ3n) is 5.40. The number of ketones is 1. The first-order valence-corrected chi connectivity index (χ1v) is 9.97. The van der Waals surface area contributed by atoms with E-state index in [1.807, 2.05) is 51.1 Å². The van der Waals surface area contributed by atoms with Gasteiger partial charge in [0.1, 0.15) is 0 Å². The number of hydrogen-bond donors (Lipinski definition) is 1. The van der Waals surface area contributed by atoms with Crippen molar-refractivity contribution in [1.29, 1.82) is 0 Å². The molecule has 7 nitrogen and oxygen atoms in total. The molecule has 0 radical (unpaired) electrons. The van der Waals surface area contributed by atoms with Crippen LogP contribution >= 0.6 is 0 Å². The summed E-state index contributed by atoms with van der Waals surface area (Å²) in [6.45, 7) is 7.43. The van der Waals surface area contributed by atoms with Crippen LogP contribution in [0.15, 0.2) is 36.5 Å². The number of Topliss-reactive ketones (excluding diaryl/α,β-unsaturated/α-hetero) is 1. The van der Waals surface area contributed by atoms with E-state index in [2.05, 4.69) is 15.1 Å². The van der Waals surface area contributed by atoms with Crippen molar-refractivity contribution >= 4 is 28.3 Å². The topological polar surface area (TPSA) is 89.3 Å². The van der Waals surface area contributed by atoms with Gasteiger partial charge in [-0.2, -0.15) is 5.10 Å². The van der Waals surface area contributed by atoms with Gasteiger partial charge in [-0.25, -0.2) is 9.50 Å². The Hall–Kier alpha value is -3.48. The van der Waals surface area contributed by atoms with E-state index in [0.717, 1.165) is 39.2 Å². The van der Waals surface area contributed by atoms with Gasteiger partial charge in [-0.1, -0.05) is 18.2 Å². The van der Waals surface area contributed by atoms with Crippen LogP contribution < -0.4 is 0 Å². The van der Waals surface area contributed by atoms with Crippen LogP contribution in [0.1, 0.15) is 46.3 Å². The number of fused-ring (bicyclic) bond motifs is 2. The van der Waals surface area contributed by atoms with E-state index < -0.39 is 12.1 Å². The average molecular weight is 404 g/mol. The Morgan fingerprint density at radius 2 is 1.97 bits per heavy atom. The standard InChI is InChI=1S/C23H24N4O3/c1-13-11-21-25-14(2)17(15(3)27(21)26-13)9-10-22(28)30-16(4)23(29)19-12-24-20-8-6-5-7-18(19)20/h5-8,11-12,16,24H,9-10H2,1-4H3/t16-/m1/s1. The fourth-order valence-corrected chi connectivity index (χ4v) is 3.83. The van der Waals surface area contributed by atoms with Crippen LogP contribution in [0.3, 0.4) is 0 Å². The number of nitrogens with zero attached hydrogens (tertiary/aromatic N) is 3. The number of hydrogen-bond acceptors (Lipinski definition) is 5. The largest absolute Gasteiger partial charge is 0.454 e. The highest BCUT2D eigenvalue weighted by atomic mass is 16.5. The van der Waals surface area contributed by atoms with E-state index in [-0.39, 0.29) is 12.2 Å². The normalized spacial score (nSPS) is 12.4. The summed E-state index contributed by atoms with van der Waals surface area (Å²) in [6, 6.07) is 9.48. The molecule has 30 heavy (non-hydrogen) atoms. The smallest absolute Gasteiger partial charge is 0.306 e. The Labute approximate surface area is 174 Å². The number of nitrogens with one attached hydrogen (secondary N) is 1. The molecule has 0 unspecified atom stereocenters. The Morgan fingerprint density at radius 3 is 2.77 bits per heavy atom. The molecule has 3 heterocycles. The Morgan fingerprint density at radius 1 is 1.20 bits per heavy atom. The monoisotopic (exact) mass is 404 g/mol. The lowest BCUT2D eigenvalue weighted by molar-refractivity contribution is -0.146. The molecular weight excluding hydrogens is 380 g/mol. The number of carbonyl (C=O) groups excluding carboxylic acids is 2. The molecule has 0 saturated carbocycles. The molecule has 0 bridgehead atoms. The molecule has 154 valence electrons. The molecule has 1 atom stereocenters. The maximum atomic E-state index is 12.8. The number of ether oxygens (including phenoxy) is 1. The molecule has 1 aromatic carbocycles. The average Bonchev–Trinajstić information content (AvgIpc) is 3.30. The summed E-state index contributed by atoms with van der Waals surface area (Å²) >= 11 is 0. The highest BCUT2D eigenvalue weighted by Crippen LogP contribution is 2.21. The first-order valence-electron chi connectivity index (χ1n) is 9.97. The maximum absolute atomic E-state index is 12.8. The van der Waals surface area contributed by atoms with Crippen LogP contribution in [0, 0.1) is 20.8 Å². The zero-order valence-corrected chi connectivity index (χ0v) is 17.5. The van der Waals surface area contributed by atoms with E-state index in [1.165, 1.54) is 0 Å². The van der Waals surface area contributed by atoms with Crippen molar-refractivity contribution in [3.63, 3.8) is 0 Å². The molecule has 0 spiro atoms. The van der Waals surface area contributed by atoms with Crippen molar-refractivity contribution in [1.82, 2.24) is 19.6 Å². The lowest BCUT2D eigenvalue weighted by atomic mass is 10.1. The van der Waals surface area contributed by atoms with Crippen LogP contribution in [-0.2, 0) is 16.0 Å². The summed E-state index contributed by atoms with van der Waals surface area (Å²) in [4.78, 5) is 32.9. The fourth-order valence-electron chi connectivity index (χ4n) is 3.83. The first-order chi connectivity index (χ1) is 14.3. The van der Waals surface area contributed by atoms with E-state index in [4.69, 9.17) is 4.74 Å². The van der Waals surface area contributed by atoms with Crippen LogP contribution in [0.5, 0.6) is 0 Å². The molecule has 4 aromatic rings. The first kappa shape index (κ1) is 19.8. The Bertz CT molecular complexity index is 1270. The second kappa shape index (κ2) is 7.74. The lowest BCUT2D eigenvalue weighted by Gasteiger charge is -2.13. The number of para-hydroxylation sites is 1. The fraction of sp³-hybridized carbons (Fsp3) is 0.304. The third-order valence-corrected chi connectivity index (χ3v) is 5.40. The Balaban J connectivity index is 1.43. The number of carbonyl (C=O) groups is 2. The number of esters is 1. The number of rotatable bonds is 6. The van der Waals surface area contributed by atoms with Gasteiger partial charge in [-0.15, -0.1) is 0 Å². The number of H-pyrrole nitrogens is 1. The molecule has 0 saturated heterocycles. The van der Waals surface area contributed by atoms with Crippen LogP contribution in [0.25, 0.3) is 16.6 Å². The zero-order chi connectivity index (χ0) is 21.4. The second-order valence-corrected chi connectivity index (χ2v) is 7.56. The van der Waals surface area contributed by atoms with Crippen molar-refractivity contribution in [2.75, 3.05) is 0 Å². The number of benzene rings is 1. The lowest BCUT2D eigenvalue weighted by Crippen LogP contribution is -2.24. The molecule has 0 aliphatic rings. The predicted octanol–water partition coefficient (Wildman–Crippen LogP) is 3.88. The van der Waals surface area contributed by atoms with Gasteiger partial charge in [0.05, 0.1) is 5.69 Å². The summed E-state index contributed by atoms with van der Waals surface area (Å²) in [7, 11) is 0. The summed E-state index contributed by atoms with van der Waals surface area (Å²) in [6.07, 6.45) is 1.46. The van der Waals surface area contributed by atoms with Gasteiger partial charge in [0, 0.05) is 46.5 Å². The summed E-state index contributed by atoms with van der Waals surface area (Å²) in [5.41, 5.74) is 5.90. The van der Waals surface area contributed by atoms with Gasteiger partial charge in [0.15, 0.2) is 11.8 Å². The molecule has 0 aliphatic heterocycles. The summed E-state index contributed by atoms with van der Waals surface area (Å²) in [5.74, 6) is -0.630. The minimum atomic E-state index is -0.853. The molecule has 0 fully saturated rings. The molecular formula is C23H24N4O3. The molecule has 0 aliphatic carbocycles. The van der Waals surface area contributed by atoms with Crippen molar-refractivity contribution in [3.05, 3.63) is 64.7 Å². The van der Waals surface area contributed by atoms with Gasteiger partial charge in [-0.05, 0) is 45.7 Å².